The molecule has 0 bridgehead atoms. The summed E-state index contributed by atoms with van der Waals surface area (Å²) >= 11 is 0. The van der Waals surface area contributed by atoms with E-state index in [1.54, 1.807) is 7.05 Å². The minimum absolute atomic E-state index is 0. The van der Waals surface area contributed by atoms with E-state index in [1.165, 1.54) is 5.56 Å². The number of nitrogens with zero attached hydrogens (tertiary/aromatic N) is 2. The Bertz CT molecular complexity index is 644. The van der Waals surface area contributed by atoms with E-state index in [1.807, 2.05) is 6.07 Å². The summed E-state index contributed by atoms with van der Waals surface area (Å²) in [5.41, 5.74) is 6.46. The van der Waals surface area contributed by atoms with E-state index in [4.69, 9.17) is 5.73 Å². The molecule has 0 aliphatic carbocycles. The maximum absolute atomic E-state index is 11.0. The minimum Gasteiger partial charge on any atom is -0.369 e. The average molecular weight is 516 g/mol. The van der Waals surface area contributed by atoms with Gasteiger partial charge in [-0.15, -0.1) is 24.0 Å². The molecule has 0 spiro atoms. The van der Waals surface area contributed by atoms with Crippen molar-refractivity contribution in [1.82, 2.24) is 20.9 Å². The number of carbonyl (C=O) groups excluding carboxylic acids is 1. The zero-order chi connectivity index (χ0) is 20.6. The number of guanidine groups is 1. The van der Waals surface area contributed by atoms with E-state index < -0.39 is 0 Å². The third kappa shape index (κ3) is 9.31. The van der Waals surface area contributed by atoms with Gasteiger partial charge in [0.05, 0.1) is 6.54 Å². The van der Waals surface area contributed by atoms with Gasteiger partial charge in [-0.2, -0.15) is 0 Å². The van der Waals surface area contributed by atoms with Gasteiger partial charge in [0.2, 0.25) is 5.91 Å². The van der Waals surface area contributed by atoms with Crippen molar-refractivity contribution in [3.8, 4) is 0 Å². The lowest BCUT2D eigenvalue weighted by atomic mass is 10.0. The number of primary amides is 1. The molecule has 1 heterocycles. The molecule has 1 aromatic rings. The van der Waals surface area contributed by atoms with Gasteiger partial charge in [0.15, 0.2) is 5.96 Å². The summed E-state index contributed by atoms with van der Waals surface area (Å²) in [5.74, 6) is 0.555. The number of likely N-dealkylation sites (tertiary alicyclic amines) is 1. The van der Waals surface area contributed by atoms with Crippen molar-refractivity contribution in [3.05, 3.63) is 35.9 Å². The molecule has 1 amide bonds. The molecule has 1 unspecified atom stereocenters. The van der Waals surface area contributed by atoms with E-state index in [0.29, 0.717) is 12.6 Å². The second-order valence-corrected chi connectivity index (χ2v) is 8.25. The fourth-order valence-electron chi connectivity index (χ4n) is 3.61. The van der Waals surface area contributed by atoms with Crippen LogP contribution in [0, 0.1) is 0 Å². The number of carbonyl (C=O) groups is 1. The fourth-order valence-corrected chi connectivity index (χ4v) is 3.61. The Kier molecular flexibility index (Phi) is 10.9. The lowest BCUT2D eigenvalue weighted by Gasteiger charge is -2.34. The molecule has 1 atom stereocenters. The molecule has 2 rings (SSSR count). The number of nitrogens with one attached hydrogen (secondary N) is 3. The lowest BCUT2D eigenvalue weighted by molar-refractivity contribution is -0.119. The monoisotopic (exact) mass is 516 g/mol. The molecule has 164 valence electrons. The Morgan fingerprint density at radius 3 is 2.45 bits per heavy atom. The largest absolute Gasteiger partial charge is 0.369 e. The van der Waals surface area contributed by atoms with Crippen molar-refractivity contribution in [2.75, 3.05) is 33.2 Å². The van der Waals surface area contributed by atoms with Crippen LogP contribution in [0.5, 0.6) is 0 Å². The number of hydrogen-bond donors (Lipinski definition) is 4. The zero-order valence-electron chi connectivity index (χ0n) is 18.1. The lowest BCUT2D eigenvalue weighted by Crippen LogP contribution is -2.54. The maximum atomic E-state index is 11.0. The molecule has 0 aromatic heterocycles. The van der Waals surface area contributed by atoms with Crippen molar-refractivity contribution < 1.29 is 4.79 Å². The van der Waals surface area contributed by atoms with Gasteiger partial charge in [0, 0.05) is 44.3 Å². The SMILES string of the molecule is CN=C(NCC(C)(C)NC(C)c1ccccc1)NC1CCN(CC(N)=O)CC1.I. The second-order valence-electron chi connectivity index (χ2n) is 8.25. The number of aliphatic imine (C=N–C) groups is 1. The predicted octanol–water partition coefficient (Wildman–Crippen LogP) is 1.85. The van der Waals surface area contributed by atoms with Crippen molar-refractivity contribution in [3.63, 3.8) is 0 Å². The van der Waals surface area contributed by atoms with Gasteiger partial charge in [-0.1, -0.05) is 30.3 Å². The van der Waals surface area contributed by atoms with Crippen LogP contribution in [0.4, 0.5) is 0 Å². The number of hydrogen-bond acceptors (Lipinski definition) is 4. The molecule has 1 aromatic carbocycles. The summed E-state index contributed by atoms with van der Waals surface area (Å²) in [7, 11) is 1.80. The van der Waals surface area contributed by atoms with Gasteiger partial charge in [-0.3, -0.25) is 14.7 Å². The van der Waals surface area contributed by atoms with Gasteiger partial charge >= 0.3 is 0 Å². The van der Waals surface area contributed by atoms with Crippen molar-refractivity contribution in [2.45, 2.75) is 51.2 Å². The van der Waals surface area contributed by atoms with E-state index in [0.717, 1.165) is 38.4 Å². The fraction of sp³-hybridized carbons (Fsp3) is 0.619. The first-order valence-corrected chi connectivity index (χ1v) is 10.1. The van der Waals surface area contributed by atoms with Crippen molar-refractivity contribution in [1.29, 1.82) is 0 Å². The molecular formula is C21H37IN6O. The molecule has 8 heteroatoms. The first-order chi connectivity index (χ1) is 13.3. The van der Waals surface area contributed by atoms with Crippen LogP contribution in [0.1, 0.15) is 45.2 Å². The number of benzene rings is 1. The van der Waals surface area contributed by atoms with Crippen molar-refractivity contribution in [2.24, 2.45) is 10.7 Å². The third-order valence-electron chi connectivity index (χ3n) is 5.14. The van der Waals surface area contributed by atoms with Crippen LogP contribution in [0.2, 0.25) is 0 Å². The molecular weight excluding hydrogens is 479 g/mol. The molecule has 1 aliphatic rings. The van der Waals surface area contributed by atoms with E-state index in [2.05, 4.69) is 70.9 Å². The Hall–Kier alpha value is -1.39. The van der Waals surface area contributed by atoms with Gasteiger partial charge in [0.1, 0.15) is 0 Å². The molecule has 29 heavy (non-hydrogen) atoms. The number of piperidine rings is 1. The molecule has 1 saturated heterocycles. The Morgan fingerprint density at radius 2 is 1.90 bits per heavy atom. The highest BCUT2D eigenvalue weighted by Crippen LogP contribution is 2.16. The summed E-state index contributed by atoms with van der Waals surface area (Å²) in [6, 6.07) is 11.1. The maximum Gasteiger partial charge on any atom is 0.231 e. The zero-order valence-corrected chi connectivity index (χ0v) is 20.4. The van der Waals surface area contributed by atoms with Gasteiger partial charge in [-0.05, 0) is 39.2 Å². The number of rotatable bonds is 8. The van der Waals surface area contributed by atoms with Crippen LogP contribution in [0.3, 0.4) is 0 Å². The third-order valence-corrected chi connectivity index (χ3v) is 5.14. The minimum atomic E-state index is -0.261. The topological polar surface area (TPSA) is 94.8 Å². The van der Waals surface area contributed by atoms with Crippen LogP contribution in [0.25, 0.3) is 0 Å². The van der Waals surface area contributed by atoms with E-state index in [-0.39, 0.29) is 41.5 Å². The summed E-state index contributed by atoms with van der Waals surface area (Å²) in [4.78, 5) is 17.5. The van der Waals surface area contributed by atoms with Crippen molar-refractivity contribution >= 4 is 35.8 Å². The van der Waals surface area contributed by atoms with Crippen LogP contribution < -0.4 is 21.7 Å². The summed E-state index contributed by atoms with van der Waals surface area (Å²) < 4.78 is 0. The average Bonchev–Trinajstić information content (AvgIpc) is 2.66. The molecule has 0 saturated carbocycles. The molecule has 0 radical (unpaired) electrons. The highest BCUT2D eigenvalue weighted by Gasteiger charge is 2.23. The first-order valence-electron chi connectivity index (χ1n) is 10.1. The Morgan fingerprint density at radius 1 is 1.28 bits per heavy atom. The Balaban J connectivity index is 0.00000420. The number of nitrogens with two attached hydrogens (primary N) is 1. The normalized spacial score (nSPS) is 17.3. The van der Waals surface area contributed by atoms with E-state index >= 15 is 0 Å². The Labute approximate surface area is 192 Å². The van der Waals surface area contributed by atoms with Gasteiger partial charge in [-0.25, -0.2) is 0 Å². The number of halogens is 1. The summed E-state index contributed by atoms with van der Waals surface area (Å²) in [6.07, 6.45) is 1.95. The summed E-state index contributed by atoms with van der Waals surface area (Å²) in [5, 5.41) is 10.6. The first kappa shape index (κ1) is 25.6. The smallest absolute Gasteiger partial charge is 0.231 e. The molecule has 1 aliphatic heterocycles. The van der Waals surface area contributed by atoms with Crippen LogP contribution in [-0.4, -0.2) is 61.6 Å². The van der Waals surface area contributed by atoms with Crippen LogP contribution in [0.15, 0.2) is 35.3 Å². The van der Waals surface area contributed by atoms with Gasteiger partial charge < -0.3 is 21.7 Å². The second kappa shape index (κ2) is 12.3. The van der Waals surface area contributed by atoms with E-state index in [9.17, 15) is 4.79 Å². The van der Waals surface area contributed by atoms with Gasteiger partial charge in [0.25, 0.3) is 0 Å². The van der Waals surface area contributed by atoms with Crippen LogP contribution >= 0.6 is 24.0 Å². The number of amides is 1. The quantitative estimate of drug-likeness (QED) is 0.241. The molecule has 7 nitrogen and oxygen atoms in total. The van der Waals surface area contributed by atoms with Crippen LogP contribution in [-0.2, 0) is 4.79 Å². The molecule has 5 N–H and O–H groups in total. The standard InChI is InChI=1S/C21H36N6O.HI/c1-16(17-8-6-5-7-9-17)26-21(2,3)15-24-20(23-4)25-18-10-12-27(13-11-18)14-19(22)28;/h5-9,16,18,26H,10-15H2,1-4H3,(H2,22,28)(H2,23,24,25);1H. The highest BCUT2D eigenvalue weighted by molar-refractivity contribution is 14.0. The highest BCUT2D eigenvalue weighted by atomic mass is 127. The predicted molar refractivity (Wildman–Crippen MR) is 131 cm³/mol. The summed E-state index contributed by atoms with van der Waals surface area (Å²) in [6.45, 7) is 9.41. The molecule has 1 fully saturated rings.